The fourth-order valence-electron chi connectivity index (χ4n) is 4.77. The lowest BCUT2D eigenvalue weighted by Gasteiger charge is -2.38. The minimum atomic E-state index is 0.106. The van der Waals surface area contributed by atoms with Gasteiger partial charge in [0.15, 0.2) is 12.2 Å². The summed E-state index contributed by atoms with van der Waals surface area (Å²) in [4.78, 5) is 26.3. The summed E-state index contributed by atoms with van der Waals surface area (Å²) in [6.07, 6.45) is 6.99. The third-order valence-corrected chi connectivity index (χ3v) is 6.88. The Balaban J connectivity index is 0.00000137. The summed E-state index contributed by atoms with van der Waals surface area (Å²) in [5.74, 6) is 1.40. The Bertz CT molecular complexity index is 1290. The van der Waals surface area contributed by atoms with Crippen LogP contribution in [0.1, 0.15) is 55.5 Å². The Labute approximate surface area is 217 Å². The standard InChI is InChI=1S/C27H27N5O3.C2H6/c1-18-2-4-20(5-3-18)25-29-27(35-30-25)31-14-12-23(13-15-31)32(22-10-11-22)26(33)21-8-6-19(7-9-21)24-16-28-17-34-24;1-2/h2-9,16-17,22-23H,10-15H2,1H3;1-2H3. The van der Waals surface area contributed by atoms with Crippen molar-refractivity contribution in [2.45, 2.75) is 58.5 Å². The molecule has 4 aromatic rings. The zero-order valence-electron chi connectivity index (χ0n) is 21.6. The highest BCUT2D eigenvalue weighted by molar-refractivity contribution is 5.95. The van der Waals surface area contributed by atoms with Crippen molar-refractivity contribution in [3.63, 3.8) is 0 Å². The molecular weight excluding hydrogens is 466 g/mol. The van der Waals surface area contributed by atoms with Gasteiger partial charge >= 0.3 is 6.01 Å². The molecule has 8 nitrogen and oxygen atoms in total. The second-order valence-corrected chi connectivity index (χ2v) is 9.37. The highest BCUT2D eigenvalue weighted by Crippen LogP contribution is 2.34. The lowest BCUT2D eigenvalue weighted by Crippen LogP contribution is -2.48. The third kappa shape index (κ3) is 5.43. The van der Waals surface area contributed by atoms with Gasteiger partial charge in [0, 0.05) is 41.9 Å². The number of oxazole rings is 1. The molecule has 192 valence electrons. The predicted octanol–water partition coefficient (Wildman–Crippen LogP) is 6.00. The van der Waals surface area contributed by atoms with Crippen molar-refractivity contribution >= 4 is 11.9 Å². The van der Waals surface area contributed by atoms with Crippen LogP contribution in [0.2, 0.25) is 0 Å². The fourth-order valence-corrected chi connectivity index (χ4v) is 4.77. The van der Waals surface area contributed by atoms with Crippen molar-refractivity contribution in [1.82, 2.24) is 20.0 Å². The molecule has 0 bridgehead atoms. The van der Waals surface area contributed by atoms with Gasteiger partial charge in [-0.05, 0) is 44.7 Å². The fraction of sp³-hybridized carbons (Fsp3) is 0.379. The number of aromatic nitrogens is 3. The highest BCUT2D eigenvalue weighted by Gasteiger charge is 2.39. The van der Waals surface area contributed by atoms with Gasteiger partial charge in [-0.1, -0.05) is 61.0 Å². The predicted molar refractivity (Wildman–Crippen MR) is 142 cm³/mol. The van der Waals surface area contributed by atoms with Crippen LogP contribution in [0, 0.1) is 6.92 Å². The normalized spacial score (nSPS) is 15.7. The first kappa shape index (κ1) is 24.7. The van der Waals surface area contributed by atoms with Crippen molar-refractivity contribution in [3.05, 3.63) is 72.2 Å². The van der Waals surface area contributed by atoms with E-state index in [-0.39, 0.29) is 11.9 Å². The summed E-state index contributed by atoms with van der Waals surface area (Å²) < 4.78 is 10.9. The summed E-state index contributed by atoms with van der Waals surface area (Å²) in [5, 5.41) is 4.17. The number of benzene rings is 2. The van der Waals surface area contributed by atoms with E-state index in [0.29, 0.717) is 29.2 Å². The molecule has 2 aromatic carbocycles. The summed E-state index contributed by atoms with van der Waals surface area (Å²) in [6, 6.07) is 16.8. The number of hydrogen-bond acceptors (Lipinski definition) is 7. The first-order valence-corrected chi connectivity index (χ1v) is 13.1. The van der Waals surface area contributed by atoms with Crippen LogP contribution in [0.25, 0.3) is 22.7 Å². The van der Waals surface area contributed by atoms with Crippen molar-refractivity contribution < 1.29 is 13.7 Å². The van der Waals surface area contributed by atoms with Crippen LogP contribution < -0.4 is 4.90 Å². The summed E-state index contributed by atoms with van der Waals surface area (Å²) in [6.45, 7) is 7.61. The Hall–Kier alpha value is -3.94. The van der Waals surface area contributed by atoms with Crippen molar-refractivity contribution in [2.24, 2.45) is 0 Å². The molecule has 2 aromatic heterocycles. The lowest BCUT2D eigenvalue weighted by molar-refractivity contribution is 0.0629. The van der Waals surface area contributed by atoms with Crippen LogP contribution in [0.15, 0.2) is 70.1 Å². The quantitative estimate of drug-likeness (QED) is 0.321. The molecule has 1 amide bonds. The number of anilines is 1. The molecule has 1 saturated carbocycles. The van der Waals surface area contributed by atoms with E-state index in [0.717, 1.165) is 49.9 Å². The Morgan fingerprint density at radius 1 is 0.919 bits per heavy atom. The second kappa shape index (κ2) is 11.0. The van der Waals surface area contributed by atoms with E-state index in [1.54, 1.807) is 6.20 Å². The highest BCUT2D eigenvalue weighted by atomic mass is 16.5. The number of hydrogen-bond donors (Lipinski definition) is 0. The zero-order valence-corrected chi connectivity index (χ0v) is 21.6. The first-order valence-electron chi connectivity index (χ1n) is 13.1. The SMILES string of the molecule is CC.Cc1ccc(-c2noc(N3CCC(N(C(=O)c4ccc(-c5cnco5)cc4)C4CC4)CC3)n2)cc1. The largest absolute Gasteiger partial charge is 0.444 e. The van der Waals surface area contributed by atoms with Crippen molar-refractivity contribution in [3.8, 4) is 22.7 Å². The van der Waals surface area contributed by atoms with Crippen LogP contribution >= 0.6 is 0 Å². The number of rotatable bonds is 6. The molecule has 37 heavy (non-hydrogen) atoms. The summed E-state index contributed by atoms with van der Waals surface area (Å²) >= 11 is 0. The minimum Gasteiger partial charge on any atom is -0.444 e. The van der Waals surface area contributed by atoms with E-state index in [9.17, 15) is 4.79 Å². The van der Waals surface area contributed by atoms with Gasteiger partial charge in [0.25, 0.3) is 5.91 Å². The maximum Gasteiger partial charge on any atom is 0.324 e. The average Bonchev–Trinajstić information content (AvgIpc) is 3.41. The van der Waals surface area contributed by atoms with Gasteiger partial charge < -0.3 is 18.7 Å². The van der Waals surface area contributed by atoms with Crippen LogP contribution in [0.5, 0.6) is 0 Å². The van der Waals surface area contributed by atoms with E-state index in [1.807, 2.05) is 62.4 Å². The number of nitrogens with zero attached hydrogens (tertiary/aromatic N) is 5. The number of carbonyl (C=O) groups excluding carboxylic acids is 1. The smallest absolute Gasteiger partial charge is 0.324 e. The van der Waals surface area contributed by atoms with Gasteiger partial charge in [-0.25, -0.2) is 4.98 Å². The molecule has 0 N–H and O–H groups in total. The lowest BCUT2D eigenvalue weighted by atomic mass is 10.0. The molecule has 1 aliphatic heterocycles. The Morgan fingerprint density at radius 3 is 2.19 bits per heavy atom. The van der Waals surface area contributed by atoms with Gasteiger partial charge in [-0.2, -0.15) is 4.98 Å². The molecule has 0 spiro atoms. The van der Waals surface area contributed by atoms with Crippen LogP contribution in [-0.2, 0) is 0 Å². The van der Waals surface area contributed by atoms with E-state index in [2.05, 4.69) is 31.8 Å². The third-order valence-electron chi connectivity index (χ3n) is 6.88. The van der Waals surface area contributed by atoms with Gasteiger partial charge in [-0.15, -0.1) is 0 Å². The molecule has 8 heteroatoms. The molecule has 1 saturated heterocycles. The topological polar surface area (TPSA) is 88.5 Å². The number of carbonyl (C=O) groups is 1. The van der Waals surface area contributed by atoms with Crippen molar-refractivity contribution in [2.75, 3.05) is 18.0 Å². The van der Waals surface area contributed by atoms with Crippen LogP contribution in [0.4, 0.5) is 6.01 Å². The molecular formula is C29H33N5O3. The molecule has 1 aliphatic carbocycles. The maximum absolute atomic E-state index is 13.5. The monoisotopic (exact) mass is 499 g/mol. The molecule has 2 fully saturated rings. The molecule has 6 rings (SSSR count). The molecule has 2 aliphatic rings. The van der Waals surface area contributed by atoms with E-state index >= 15 is 0 Å². The van der Waals surface area contributed by atoms with Gasteiger partial charge in [0.05, 0.1) is 6.20 Å². The number of aryl methyl sites for hydroxylation is 1. The maximum atomic E-state index is 13.5. The minimum absolute atomic E-state index is 0.106. The Kier molecular flexibility index (Phi) is 7.35. The van der Waals surface area contributed by atoms with Crippen molar-refractivity contribution in [1.29, 1.82) is 0 Å². The molecule has 0 atom stereocenters. The van der Waals surface area contributed by atoms with E-state index < -0.39 is 0 Å². The van der Waals surface area contributed by atoms with Crippen LogP contribution in [0.3, 0.4) is 0 Å². The molecule has 0 radical (unpaired) electrons. The van der Waals surface area contributed by atoms with Crippen LogP contribution in [-0.4, -0.2) is 51.1 Å². The summed E-state index contributed by atoms with van der Waals surface area (Å²) in [7, 11) is 0. The number of amides is 1. The molecule has 3 heterocycles. The second-order valence-electron chi connectivity index (χ2n) is 9.37. The molecule has 0 unspecified atom stereocenters. The van der Waals surface area contributed by atoms with Gasteiger partial charge in [-0.3, -0.25) is 4.79 Å². The van der Waals surface area contributed by atoms with E-state index in [4.69, 9.17) is 8.94 Å². The number of piperidine rings is 1. The average molecular weight is 500 g/mol. The Morgan fingerprint density at radius 2 is 1.57 bits per heavy atom. The summed E-state index contributed by atoms with van der Waals surface area (Å²) in [5.41, 5.74) is 3.76. The first-order chi connectivity index (χ1) is 18.2. The van der Waals surface area contributed by atoms with E-state index in [1.165, 1.54) is 12.0 Å². The zero-order chi connectivity index (χ0) is 25.8. The van der Waals surface area contributed by atoms with Gasteiger partial charge in [0.1, 0.15) is 0 Å². The van der Waals surface area contributed by atoms with Gasteiger partial charge in [0.2, 0.25) is 5.82 Å².